The second kappa shape index (κ2) is 7.64. The number of carbonyl (C=O) groups excluding carboxylic acids is 1. The molecule has 0 radical (unpaired) electrons. The molecule has 1 aromatic heterocycles. The van der Waals surface area contributed by atoms with Gasteiger partial charge in [0.05, 0.1) is 0 Å². The Morgan fingerprint density at radius 2 is 1.70 bits per heavy atom. The molecule has 2 aliphatic rings. The first kappa shape index (κ1) is 17.9. The molecule has 142 valence electrons. The Balaban J connectivity index is 1.46. The SMILES string of the molecule is Nc1ncc(CN2CCCC23CCCN(CCc2ccccc2)C3=O)cn1. The molecule has 4 rings (SSSR count). The third kappa shape index (κ3) is 3.67. The molecule has 3 heterocycles. The maximum Gasteiger partial charge on any atom is 0.243 e. The van der Waals surface area contributed by atoms with E-state index in [1.165, 1.54) is 5.56 Å². The minimum absolute atomic E-state index is 0.288. The van der Waals surface area contributed by atoms with Gasteiger partial charge >= 0.3 is 0 Å². The van der Waals surface area contributed by atoms with E-state index in [1.54, 1.807) is 12.4 Å². The molecule has 1 amide bonds. The highest BCUT2D eigenvalue weighted by atomic mass is 16.2. The van der Waals surface area contributed by atoms with Gasteiger partial charge in [0, 0.05) is 37.6 Å². The molecule has 0 saturated carbocycles. The summed E-state index contributed by atoms with van der Waals surface area (Å²) in [5, 5.41) is 0. The lowest BCUT2D eigenvalue weighted by Crippen LogP contribution is -2.59. The van der Waals surface area contributed by atoms with E-state index >= 15 is 0 Å². The number of amides is 1. The van der Waals surface area contributed by atoms with Crippen molar-refractivity contribution in [2.45, 2.75) is 44.2 Å². The molecule has 6 nitrogen and oxygen atoms in total. The van der Waals surface area contributed by atoms with Gasteiger partial charge < -0.3 is 10.6 Å². The largest absolute Gasteiger partial charge is 0.368 e. The fraction of sp³-hybridized carbons (Fsp3) is 0.476. The predicted molar refractivity (Wildman–Crippen MR) is 105 cm³/mol. The lowest BCUT2D eigenvalue weighted by atomic mass is 9.85. The number of piperidine rings is 1. The molecule has 0 aliphatic carbocycles. The summed E-state index contributed by atoms with van der Waals surface area (Å²) in [7, 11) is 0. The summed E-state index contributed by atoms with van der Waals surface area (Å²) < 4.78 is 0. The van der Waals surface area contributed by atoms with Crippen LogP contribution in [-0.2, 0) is 17.8 Å². The van der Waals surface area contributed by atoms with Crippen LogP contribution in [0.15, 0.2) is 42.7 Å². The Morgan fingerprint density at radius 3 is 2.44 bits per heavy atom. The second-order valence-corrected chi connectivity index (χ2v) is 7.64. The van der Waals surface area contributed by atoms with Crippen LogP contribution in [0.4, 0.5) is 5.95 Å². The maximum atomic E-state index is 13.5. The van der Waals surface area contributed by atoms with Crippen molar-refractivity contribution in [1.82, 2.24) is 19.8 Å². The first-order chi connectivity index (χ1) is 13.2. The molecule has 2 N–H and O–H groups in total. The van der Waals surface area contributed by atoms with Gasteiger partial charge in [-0.15, -0.1) is 0 Å². The van der Waals surface area contributed by atoms with Crippen molar-refractivity contribution in [3.8, 4) is 0 Å². The third-order valence-corrected chi connectivity index (χ3v) is 5.94. The normalized spacial score (nSPS) is 23.3. The molecule has 1 aromatic carbocycles. The zero-order valence-electron chi connectivity index (χ0n) is 15.7. The van der Waals surface area contributed by atoms with Crippen molar-refractivity contribution < 1.29 is 4.79 Å². The number of benzene rings is 1. The van der Waals surface area contributed by atoms with Crippen LogP contribution < -0.4 is 5.73 Å². The standard InChI is InChI=1S/C21H27N5O/c22-20-23-14-18(15-24-20)16-26-12-5-10-21(26)9-4-11-25(19(21)27)13-8-17-6-2-1-3-7-17/h1-3,6-7,14-15H,4-5,8-13,16H2,(H2,22,23,24). The van der Waals surface area contributed by atoms with Crippen LogP contribution in [0.25, 0.3) is 0 Å². The van der Waals surface area contributed by atoms with E-state index in [9.17, 15) is 4.79 Å². The van der Waals surface area contributed by atoms with Gasteiger partial charge in [0.15, 0.2) is 0 Å². The van der Waals surface area contributed by atoms with Crippen molar-refractivity contribution in [2.24, 2.45) is 0 Å². The summed E-state index contributed by atoms with van der Waals surface area (Å²) in [4.78, 5) is 26.1. The molecule has 0 bridgehead atoms. The minimum Gasteiger partial charge on any atom is -0.368 e. The number of nitrogens with two attached hydrogens (primary N) is 1. The average Bonchev–Trinajstić information content (AvgIpc) is 3.09. The third-order valence-electron chi connectivity index (χ3n) is 5.94. The number of hydrogen-bond donors (Lipinski definition) is 1. The van der Waals surface area contributed by atoms with Gasteiger partial charge in [-0.25, -0.2) is 9.97 Å². The van der Waals surface area contributed by atoms with Crippen molar-refractivity contribution in [2.75, 3.05) is 25.4 Å². The van der Waals surface area contributed by atoms with Gasteiger partial charge in [0.1, 0.15) is 5.54 Å². The van der Waals surface area contributed by atoms with Crippen LogP contribution in [-0.4, -0.2) is 50.8 Å². The van der Waals surface area contributed by atoms with E-state index in [0.29, 0.717) is 12.5 Å². The molecule has 2 fully saturated rings. The van der Waals surface area contributed by atoms with Crippen LogP contribution in [0.3, 0.4) is 0 Å². The van der Waals surface area contributed by atoms with Crippen LogP contribution in [0.5, 0.6) is 0 Å². The molecule has 1 unspecified atom stereocenters. The van der Waals surface area contributed by atoms with Gasteiger partial charge in [0.25, 0.3) is 0 Å². The molecule has 2 aliphatic heterocycles. The van der Waals surface area contributed by atoms with E-state index in [4.69, 9.17) is 5.73 Å². The van der Waals surface area contributed by atoms with Crippen LogP contribution in [0.1, 0.15) is 36.8 Å². The summed E-state index contributed by atoms with van der Waals surface area (Å²) in [6.07, 6.45) is 8.48. The summed E-state index contributed by atoms with van der Waals surface area (Å²) >= 11 is 0. The molecule has 2 saturated heterocycles. The molecule has 6 heteroatoms. The van der Waals surface area contributed by atoms with E-state index in [1.807, 2.05) is 6.07 Å². The van der Waals surface area contributed by atoms with Gasteiger partial charge in [-0.1, -0.05) is 30.3 Å². The fourth-order valence-electron chi connectivity index (χ4n) is 4.54. The quantitative estimate of drug-likeness (QED) is 0.880. The Labute approximate surface area is 160 Å². The van der Waals surface area contributed by atoms with Crippen molar-refractivity contribution >= 4 is 11.9 Å². The number of nitrogen functional groups attached to an aromatic ring is 1. The first-order valence-electron chi connectivity index (χ1n) is 9.82. The van der Waals surface area contributed by atoms with Crippen molar-refractivity contribution in [1.29, 1.82) is 0 Å². The number of aromatic nitrogens is 2. The van der Waals surface area contributed by atoms with Crippen LogP contribution >= 0.6 is 0 Å². The topological polar surface area (TPSA) is 75.3 Å². The van der Waals surface area contributed by atoms with Crippen molar-refractivity contribution in [3.05, 3.63) is 53.9 Å². The number of nitrogens with zero attached hydrogens (tertiary/aromatic N) is 4. The van der Waals surface area contributed by atoms with Gasteiger partial charge in [-0.3, -0.25) is 9.69 Å². The van der Waals surface area contributed by atoms with Gasteiger partial charge in [-0.2, -0.15) is 0 Å². The number of rotatable bonds is 5. The minimum atomic E-state index is -0.351. The summed E-state index contributed by atoms with van der Waals surface area (Å²) in [5.74, 6) is 0.592. The van der Waals surface area contributed by atoms with Crippen molar-refractivity contribution in [3.63, 3.8) is 0 Å². The average molecular weight is 365 g/mol. The highest BCUT2D eigenvalue weighted by Gasteiger charge is 2.50. The van der Waals surface area contributed by atoms with Crippen LogP contribution in [0, 0.1) is 0 Å². The summed E-state index contributed by atoms with van der Waals surface area (Å²) in [6, 6.07) is 10.4. The number of likely N-dealkylation sites (tertiary alicyclic amines) is 2. The highest BCUT2D eigenvalue weighted by molar-refractivity contribution is 5.87. The van der Waals surface area contributed by atoms with E-state index < -0.39 is 0 Å². The Kier molecular flexibility index (Phi) is 5.07. The summed E-state index contributed by atoms with van der Waals surface area (Å²) in [5.41, 5.74) is 7.54. The van der Waals surface area contributed by atoms with E-state index in [-0.39, 0.29) is 11.5 Å². The zero-order chi connectivity index (χ0) is 18.7. The van der Waals surface area contributed by atoms with Crippen LogP contribution in [0.2, 0.25) is 0 Å². The Bertz CT molecular complexity index is 779. The monoisotopic (exact) mass is 365 g/mol. The lowest BCUT2D eigenvalue weighted by Gasteiger charge is -2.44. The van der Waals surface area contributed by atoms with Gasteiger partial charge in [0.2, 0.25) is 11.9 Å². The molecule has 27 heavy (non-hydrogen) atoms. The fourth-order valence-corrected chi connectivity index (χ4v) is 4.54. The molecule has 2 aromatic rings. The highest BCUT2D eigenvalue weighted by Crippen LogP contribution is 2.39. The Hall–Kier alpha value is -2.47. The summed E-state index contributed by atoms with van der Waals surface area (Å²) in [6.45, 7) is 3.32. The second-order valence-electron chi connectivity index (χ2n) is 7.64. The number of carbonyl (C=O) groups is 1. The smallest absolute Gasteiger partial charge is 0.243 e. The molecular weight excluding hydrogens is 338 g/mol. The molecule has 1 atom stereocenters. The molecule has 1 spiro atoms. The first-order valence-corrected chi connectivity index (χ1v) is 9.82. The van der Waals surface area contributed by atoms with E-state index in [2.05, 4.69) is 44.0 Å². The number of anilines is 1. The van der Waals surface area contributed by atoms with E-state index in [0.717, 1.165) is 57.3 Å². The zero-order valence-corrected chi connectivity index (χ0v) is 15.7. The lowest BCUT2D eigenvalue weighted by molar-refractivity contribution is -0.147. The van der Waals surface area contributed by atoms with Gasteiger partial charge in [-0.05, 0) is 44.2 Å². The molecular formula is C21H27N5O. The number of hydrogen-bond acceptors (Lipinski definition) is 5. The predicted octanol–water partition coefficient (Wildman–Crippen LogP) is 2.26. The maximum absolute atomic E-state index is 13.5. The Morgan fingerprint density at radius 1 is 1.00 bits per heavy atom.